The van der Waals surface area contributed by atoms with Gasteiger partial charge in [-0.3, -0.25) is 4.79 Å². The van der Waals surface area contributed by atoms with Crippen LogP contribution in [-0.2, 0) is 0 Å². The number of ketones is 1. The summed E-state index contributed by atoms with van der Waals surface area (Å²) in [6.07, 6.45) is -0.744. The lowest BCUT2D eigenvalue weighted by molar-refractivity contribution is 0.102. The standard InChI is InChI=1S/C13H18O3S/c1-9-3-4-12(10(2)5-9)13(16)8-17-7-11(15)6-14/h3-5,11,14-15H,6-8H2,1-2H3. The van der Waals surface area contributed by atoms with E-state index in [1.54, 1.807) is 0 Å². The Balaban J connectivity index is 2.52. The number of aliphatic hydroxyl groups is 2. The van der Waals surface area contributed by atoms with Gasteiger partial charge in [-0.1, -0.05) is 23.8 Å². The lowest BCUT2D eigenvalue weighted by Crippen LogP contribution is -2.16. The molecule has 0 aliphatic carbocycles. The number of aliphatic hydroxyl groups excluding tert-OH is 2. The third kappa shape index (κ3) is 4.50. The van der Waals surface area contributed by atoms with E-state index in [1.165, 1.54) is 11.8 Å². The molecule has 3 nitrogen and oxygen atoms in total. The second-order valence-electron chi connectivity index (χ2n) is 4.09. The predicted molar refractivity (Wildman–Crippen MR) is 70.7 cm³/mol. The minimum absolute atomic E-state index is 0.0673. The number of aryl methyl sites for hydroxylation is 2. The number of Topliss-reactive ketones (excluding diaryl/α,β-unsaturated/α-hetero) is 1. The highest BCUT2D eigenvalue weighted by molar-refractivity contribution is 8.00. The first-order valence-corrected chi connectivity index (χ1v) is 6.67. The third-order valence-corrected chi connectivity index (χ3v) is 3.52. The topological polar surface area (TPSA) is 57.5 Å². The number of hydrogen-bond donors (Lipinski definition) is 2. The zero-order chi connectivity index (χ0) is 12.8. The van der Waals surface area contributed by atoms with Gasteiger partial charge in [0.05, 0.1) is 18.5 Å². The summed E-state index contributed by atoms with van der Waals surface area (Å²) in [6, 6.07) is 5.75. The van der Waals surface area contributed by atoms with Gasteiger partial charge in [0.25, 0.3) is 0 Å². The molecule has 2 N–H and O–H groups in total. The summed E-state index contributed by atoms with van der Waals surface area (Å²) in [4.78, 5) is 11.9. The van der Waals surface area contributed by atoms with E-state index in [-0.39, 0.29) is 12.4 Å². The van der Waals surface area contributed by atoms with E-state index in [0.29, 0.717) is 11.5 Å². The fourth-order valence-electron chi connectivity index (χ4n) is 1.54. The van der Waals surface area contributed by atoms with Crippen molar-refractivity contribution in [2.75, 3.05) is 18.1 Å². The average molecular weight is 254 g/mol. The van der Waals surface area contributed by atoms with E-state index in [4.69, 9.17) is 10.2 Å². The first kappa shape index (κ1) is 14.2. The maximum absolute atomic E-state index is 11.9. The Morgan fingerprint density at radius 2 is 2.12 bits per heavy atom. The van der Waals surface area contributed by atoms with Gasteiger partial charge in [-0.25, -0.2) is 0 Å². The van der Waals surface area contributed by atoms with Crippen molar-refractivity contribution in [3.63, 3.8) is 0 Å². The Labute approximate surface area is 106 Å². The highest BCUT2D eigenvalue weighted by Crippen LogP contribution is 2.14. The number of carbonyl (C=O) groups is 1. The summed E-state index contributed by atoms with van der Waals surface area (Å²) in [5.74, 6) is 0.784. The van der Waals surface area contributed by atoms with Crippen LogP contribution in [0, 0.1) is 13.8 Å². The number of benzene rings is 1. The van der Waals surface area contributed by atoms with Crippen LogP contribution in [0.3, 0.4) is 0 Å². The molecule has 1 aromatic carbocycles. The number of carbonyl (C=O) groups excluding carboxylic acids is 1. The van der Waals surface area contributed by atoms with Crippen LogP contribution in [0.1, 0.15) is 21.5 Å². The van der Waals surface area contributed by atoms with E-state index >= 15 is 0 Å². The van der Waals surface area contributed by atoms with Crippen LogP contribution >= 0.6 is 11.8 Å². The van der Waals surface area contributed by atoms with Crippen molar-refractivity contribution in [3.8, 4) is 0 Å². The summed E-state index contributed by atoms with van der Waals surface area (Å²) >= 11 is 1.34. The fraction of sp³-hybridized carbons (Fsp3) is 0.462. The van der Waals surface area contributed by atoms with Gasteiger partial charge in [0, 0.05) is 11.3 Å². The Kier molecular flexibility index (Phi) is 5.68. The van der Waals surface area contributed by atoms with Gasteiger partial charge < -0.3 is 10.2 Å². The monoisotopic (exact) mass is 254 g/mol. The SMILES string of the molecule is Cc1ccc(C(=O)CSCC(O)CO)c(C)c1. The maximum atomic E-state index is 11.9. The minimum atomic E-state index is -0.744. The Hall–Kier alpha value is -0.840. The zero-order valence-corrected chi connectivity index (χ0v) is 11.0. The minimum Gasteiger partial charge on any atom is -0.394 e. The van der Waals surface area contributed by atoms with Crippen molar-refractivity contribution in [2.45, 2.75) is 20.0 Å². The summed E-state index contributed by atoms with van der Waals surface area (Å²) in [5, 5.41) is 17.8. The Bertz CT molecular complexity index is 390. The molecule has 0 saturated heterocycles. The third-order valence-electron chi connectivity index (χ3n) is 2.44. The summed E-state index contributed by atoms with van der Waals surface area (Å²) in [6.45, 7) is 3.66. The predicted octanol–water partition coefficient (Wildman–Crippen LogP) is 1.57. The summed E-state index contributed by atoms with van der Waals surface area (Å²) in [7, 11) is 0. The highest BCUT2D eigenvalue weighted by atomic mass is 32.2. The molecule has 0 fully saturated rings. The molecule has 0 heterocycles. The normalized spacial score (nSPS) is 12.5. The maximum Gasteiger partial charge on any atom is 0.172 e. The molecule has 0 aliphatic heterocycles. The van der Waals surface area contributed by atoms with E-state index in [1.807, 2.05) is 32.0 Å². The molecule has 0 amide bonds. The van der Waals surface area contributed by atoms with Crippen molar-refractivity contribution >= 4 is 17.5 Å². The van der Waals surface area contributed by atoms with Crippen molar-refractivity contribution in [1.82, 2.24) is 0 Å². The number of rotatable bonds is 6. The summed E-state index contributed by atoms with van der Waals surface area (Å²) < 4.78 is 0. The molecule has 1 atom stereocenters. The lowest BCUT2D eigenvalue weighted by atomic mass is 10.0. The van der Waals surface area contributed by atoms with Crippen LogP contribution in [-0.4, -0.2) is 40.2 Å². The average Bonchev–Trinajstić information content (AvgIpc) is 2.28. The van der Waals surface area contributed by atoms with Crippen molar-refractivity contribution in [3.05, 3.63) is 34.9 Å². The van der Waals surface area contributed by atoms with Gasteiger partial charge >= 0.3 is 0 Å². The van der Waals surface area contributed by atoms with E-state index in [9.17, 15) is 4.79 Å². The molecule has 17 heavy (non-hydrogen) atoms. The van der Waals surface area contributed by atoms with Crippen LogP contribution < -0.4 is 0 Å². The summed E-state index contributed by atoms with van der Waals surface area (Å²) in [5.41, 5.74) is 2.86. The molecule has 0 radical (unpaired) electrons. The highest BCUT2D eigenvalue weighted by Gasteiger charge is 2.10. The van der Waals surface area contributed by atoms with E-state index in [0.717, 1.165) is 16.7 Å². The molecular formula is C13H18O3S. The molecule has 1 aromatic rings. The first-order chi connectivity index (χ1) is 8.04. The number of thioether (sulfide) groups is 1. The van der Waals surface area contributed by atoms with Crippen molar-refractivity contribution in [2.24, 2.45) is 0 Å². The molecule has 1 unspecified atom stereocenters. The van der Waals surface area contributed by atoms with Crippen molar-refractivity contribution < 1.29 is 15.0 Å². The molecule has 94 valence electrons. The van der Waals surface area contributed by atoms with Gasteiger partial charge in [-0.2, -0.15) is 11.8 Å². The molecule has 1 rings (SSSR count). The smallest absolute Gasteiger partial charge is 0.172 e. The fourth-order valence-corrected chi connectivity index (χ4v) is 2.38. The molecule has 4 heteroatoms. The van der Waals surface area contributed by atoms with Crippen LogP contribution in [0.15, 0.2) is 18.2 Å². The van der Waals surface area contributed by atoms with Gasteiger partial charge in [0.1, 0.15) is 0 Å². The number of hydrogen-bond acceptors (Lipinski definition) is 4. The molecule has 0 aromatic heterocycles. The zero-order valence-electron chi connectivity index (χ0n) is 10.1. The largest absolute Gasteiger partial charge is 0.394 e. The van der Waals surface area contributed by atoms with Crippen LogP contribution in [0.5, 0.6) is 0 Å². The quantitative estimate of drug-likeness (QED) is 0.757. The van der Waals surface area contributed by atoms with E-state index < -0.39 is 6.10 Å². The first-order valence-electron chi connectivity index (χ1n) is 5.51. The Morgan fingerprint density at radius 3 is 2.71 bits per heavy atom. The second kappa shape index (κ2) is 6.79. The van der Waals surface area contributed by atoms with Crippen LogP contribution in [0.4, 0.5) is 0 Å². The molecular weight excluding hydrogens is 236 g/mol. The van der Waals surface area contributed by atoms with Gasteiger partial charge in [0.15, 0.2) is 5.78 Å². The van der Waals surface area contributed by atoms with Crippen LogP contribution in [0.2, 0.25) is 0 Å². The van der Waals surface area contributed by atoms with Crippen molar-refractivity contribution in [1.29, 1.82) is 0 Å². The molecule has 0 aliphatic rings. The van der Waals surface area contributed by atoms with Gasteiger partial charge in [-0.15, -0.1) is 0 Å². The van der Waals surface area contributed by atoms with E-state index in [2.05, 4.69) is 0 Å². The lowest BCUT2D eigenvalue weighted by Gasteiger charge is -2.08. The van der Waals surface area contributed by atoms with Crippen LogP contribution in [0.25, 0.3) is 0 Å². The molecule has 0 bridgehead atoms. The molecule has 0 spiro atoms. The van der Waals surface area contributed by atoms with Gasteiger partial charge in [0.2, 0.25) is 0 Å². The van der Waals surface area contributed by atoms with Gasteiger partial charge in [-0.05, 0) is 19.4 Å². The molecule has 0 saturated carbocycles. The Morgan fingerprint density at radius 1 is 1.41 bits per heavy atom. The second-order valence-corrected chi connectivity index (χ2v) is 5.12.